The average Bonchev–Trinajstić information content (AvgIpc) is 2.66. The first kappa shape index (κ1) is 18.5. The van der Waals surface area contributed by atoms with Crippen LogP contribution in [-0.4, -0.2) is 71.7 Å². The normalized spacial score (nSPS) is 22.7. The van der Waals surface area contributed by atoms with Gasteiger partial charge in [0.25, 0.3) is 0 Å². The molecule has 1 saturated heterocycles. The van der Waals surface area contributed by atoms with Crippen LogP contribution in [0.3, 0.4) is 0 Å². The molecule has 0 aromatic heterocycles. The summed E-state index contributed by atoms with van der Waals surface area (Å²) in [7, 11) is 0. The van der Waals surface area contributed by atoms with Crippen molar-refractivity contribution in [1.29, 1.82) is 0 Å². The van der Waals surface area contributed by atoms with E-state index in [0.29, 0.717) is 38.4 Å². The first-order valence-electron chi connectivity index (χ1n) is 9.21. The van der Waals surface area contributed by atoms with Gasteiger partial charge in [0.05, 0.1) is 13.1 Å². The van der Waals surface area contributed by atoms with Crippen LogP contribution < -0.4 is 9.47 Å². The number of nitrogens with zero attached hydrogens (tertiary/aromatic N) is 2. The van der Waals surface area contributed by atoms with Crippen LogP contribution in [0.15, 0.2) is 24.3 Å². The van der Waals surface area contributed by atoms with Crippen molar-refractivity contribution in [3.63, 3.8) is 0 Å². The molecule has 142 valence electrons. The molecule has 2 aliphatic heterocycles. The van der Waals surface area contributed by atoms with Crippen LogP contribution >= 0.6 is 0 Å². The molecular formula is C19H26N2O5. The predicted molar refractivity (Wildman–Crippen MR) is 95.5 cm³/mol. The van der Waals surface area contributed by atoms with Crippen LogP contribution in [0.2, 0.25) is 0 Å². The summed E-state index contributed by atoms with van der Waals surface area (Å²) in [5.41, 5.74) is 0. The number of carboxylic acid groups (broad SMARTS) is 1. The highest BCUT2D eigenvalue weighted by molar-refractivity contribution is 5.80. The van der Waals surface area contributed by atoms with E-state index >= 15 is 0 Å². The molecule has 0 radical (unpaired) electrons. The Balaban J connectivity index is 1.58. The number of fused-ring (bicyclic) bond motifs is 1. The number of likely N-dealkylation sites (N-methyl/N-ethyl adjacent to an activating group) is 1. The summed E-state index contributed by atoms with van der Waals surface area (Å²) >= 11 is 0. The number of carbonyl (C=O) groups is 2. The highest BCUT2D eigenvalue weighted by Crippen LogP contribution is 2.31. The van der Waals surface area contributed by atoms with Gasteiger partial charge >= 0.3 is 5.97 Å². The van der Waals surface area contributed by atoms with E-state index in [1.165, 1.54) is 0 Å². The zero-order valence-electron chi connectivity index (χ0n) is 15.1. The number of carbonyl (C=O) groups excluding carboxylic acids is 1. The number of amides is 1. The van der Waals surface area contributed by atoms with Crippen molar-refractivity contribution in [2.24, 2.45) is 0 Å². The van der Waals surface area contributed by atoms with Gasteiger partial charge in [-0.2, -0.15) is 0 Å². The molecular weight excluding hydrogens is 336 g/mol. The van der Waals surface area contributed by atoms with E-state index in [0.717, 1.165) is 18.6 Å². The molecule has 0 aliphatic carbocycles. The van der Waals surface area contributed by atoms with Gasteiger partial charge in [0.2, 0.25) is 5.91 Å². The van der Waals surface area contributed by atoms with Crippen LogP contribution in [0.25, 0.3) is 0 Å². The zero-order valence-corrected chi connectivity index (χ0v) is 15.1. The minimum absolute atomic E-state index is 0.0666. The van der Waals surface area contributed by atoms with Crippen molar-refractivity contribution in [2.45, 2.75) is 38.3 Å². The number of carboxylic acids is 1. The number of benzene rings is 1. The highest BCUT2D eigenvalue weighted by atomic mass is 16.6. The van der Waals surface area contributed by atoms with Crippen molar-refractivity contribution in [2.75, 3.05) is 32.8 Å². The number of piperidine rings is 1. The van der Waals surface area contributed by atoms with Crippen LogP contribution in [-0.2, 0) is 9.59 Å². The van der Waals surface area contributed by atoms with E-state index in [4.69, 9.17) is 9.47 Å². The van der Waals surface area contributed by atoms with E-state index in [1.54, 1.807) is 9.80 Å². The quantitative estimate of drug-likeness (QED) is 0.828. The Labute approximate surface area is 153 Å². The smallest absolute Gasteiger partial charge is 0.320 e. The molecule has 2 unspecified atom stereocenters. The van der Waals surface area contributed by atoms with Gasteiger partial charge in [-0.3, -0.25) is 14.5 Å². The lowest BCUT2D eigenvalue weighted by molar-refractivity contribution is -0.146. The lowest BCUT2D eigenvalue weighted by Gasteiger charge is -2.35. The topological polar surface area (TPSA) is 79.3 Å². The molecule has 3 rings (SSSR count). The summed E-state index contributed by atoms with van der Waals surface area (Å²) in [5, 5.41) is 9.37. The first-order valence-corrected chi connectivity index (χ1v) is 9.21. The standard InChI is InChI=1S/C19H26N2O5/c1-2-20(11-14-13-25-16-8-3-4-9-17(16)26-14)18(22)12-21-10-6-5-7-15(21)19(23)24/h3-4,8-9,14-15H,2,5-7,10-13H2,1H3,(H,23,24). The van der Waals surface area contributed by atoms with Gasteiger partial charge < -0.3 is 19.5 Å². The molecule has 7 heteroatoms. The predicted octanol–water partition coefficient (Wildman–Crippen LogP) is 1.61. The molecule has 0 spiro atoms. The number of ether oxygens (including phenoxy) is 2. The zero-order chi connectivity index (χ0) is 18.5. The van der Waals surface area contributed by atoms with E-state index < -0.39 is 12.0 Å². The fourth-order valence-electron chi connectivity index (χ4n) is 3.54. The van der Waals surface area contributed by atoms with Gasteiger partial charge in [0.15, 0.2) is 17.6 Å². The monoisotopic (exact) mass is 362 g/mol. The molecule has 7 nitrogen and oxygen atoms in total. The maximum absolute atomic E-state index is 12.7. The molecule has 0 bridgehead atoms. The Hall–Kier alpha value is -2.28. The van der Waals surface area contributed by atoms with Crippen LogP contribution in [0, 0.1) is 0 Å². The minimum Gasteiger partial charge on any atom is -0.486 e. The molecule has 1 fully saturated rings. The van der Waals surface area contributed by atoms with Crippen LogP contribution in [0.1, 0.15) is 26.2 Å². The largest absolute Gasteiger partial charge is 0.486 e. The Morgan fingerprint density at radius 2 is 2.04 bits per heavy atom. The fourth-order valence-corrected chi connectivity index (χ4v) is 3.54. The van der Waals surface area contributed by atoms with Crippen molar-refractivity contribution in [3.05, 3.63) is 24.3 Å². The lowest BCUT2D eigenvalue weighted by atomic mass is 10.0. The second-order valence-electron chi connectivity index (χ2n) is 6.75. The van der Waals surface area contributed by atoms with Crippen molar-refractivity contribution in [1.82, 2.24) is 9.80 Å². The Morgan fingerprint density at radius 3 is 2.77 bits per heavy atom. The molecule has 1 amide bonds. The summed E-state index contributed by atoms with van der Waals surface area (Å²) in [6.45, 7) is 4.06. The van der Waals surface area contributed by atoms with Crippen molar-refractivity contribution in [3.8, 4) is 11.5 Å². The van der Waals surface area contributed by atoms with Crippen molar-refractivity contribution >= 4 is 11.9 Å². The van der Waals surface area contributed by atoms with Gasteiger partial charge in [-0.15, -0.1) is 0 Å². The number of aliphatic carboxylic acids is 1. The van der Waals surface area contributed by atoms with E-state index in [-0.39, 0.29) is 18.6 Å². The third-order valence-electron chi connectivity index (χ3n) is 4.96. The SMILES string of the molecule is CCN(CC1COc2ccccc2O1)C(=O)CN1CCCCC1C(=O)O. The summed E-state index contributed by atoms with van der Waals surface area (Å²) in [4.78, 5) is 27.6. The summed E-state index contributed by atoms with van der Waals surface area (Å²) in [6.07, 6.45) is 2.20. The maximum atomic E-state index is 12.7. The van der Waals surface area contributed by atoms with Gasteiger partial charge in [-0.1, -0.05) is 18.6 Å². The van der Waals surface area contributed by atoms with Gasteiger partial charge in [0, 0.05) is 6.54 Å². The van der Waals surface area contributed by atoms with Gasteiger partial charge in [-0.05, 0) is 38.4 Å². The molecule has 26 heavy (non-hydrogen) atoms. The minimum atomic E-state index is -0.846. The molecule has 2 heterocycles. The number of hydrogen-bond donors (Lipinski definition) is 1. The molecule has 2 atom stereocenters. The van der Waals surface area contributed by atoms with Gasteiger partial charge in [-0.25, -0.2) is 0 Å². The van der Waals surface area contributed by atoms with Crippen LogP contribution in [0.5, 0.6) is 11.5 Å². The first-order chi connectivity index (χ1) is 12.6. The molecule has 1 aromatic carbocycles. The summed E-state index contributed by atoms with van der Waals surface area (Å²) in [6, 6.07) is 6.92. The third-order valence-corrected chi connectivity index (χ3v) is 4.96. The van der Waals surface area contributed by atoms with Gasteiger partial charge in [0.1, 0.15) is 12.6 Å². The number of likely N-dealkylation sites (tertiary alicyclic amines) is 1. The molecule has 0 saturated carbocycles. The Morgan fingerprint density at radius 1 is 1.27 bits per heavy atom. The second kappa shape index (κ2) is 8.40. The van der Waals surface area contributed by atoms with Crippen molar-refractivity contribution < 1.29 is 24.2 Å². The maximum Gasteiger partial charge on any atom is 0.320 e. The third kappa shape index (κ3) is 4.27. The molecule has 2 aliphatic rings. The average molecular weight is 362 g/mol. The summed E-state index contributed by atoms with van der Waals surface area (Å²) < 4.78 is 11.6. The fraction of sp³-hybridized carbons (Fsp3) is 0.579. The Kier molecular flexibility index (Phi) is 5.98. The molecule has 1 aromatic rings. The summed E-state index contributed by atoms with van der Waals surface area (Å²) in [5.74, 6) is 0.495. The number of rotatable bonds is 6. The van der Waals surface area contributed by atoms with E-state index in [9.17, 15) is 14.7 Å². The van der Waals surface area contributed by atoms with E-state index in [1.807, 2.05) is 31.2 Å². The highest BCUT2D eigenvalue weighted by Gasteiger charge is 2.31. The lowest BCUT2D eigenvalue weighted by Crippen LogP contribution is -2.51. The molecule has 1 N–H and O–H groups in total. The van der Waals surface area contributed by atoms with E-state index in [2.05, 4.69) is 0 Å². The van der Waals surface area contributed by atoms with Crippen LogP contribution in [0.4, 0.5) is 0 Å². The Bertz CT molecular complexity index is 651. The second-order valence-corrected chi connectivity index (χ2v) is 6.75. The number of para-hydroxylation sites is 2. The number of hydrogen-bond acceptors (Lipinski definition) is 5.